The molecule has 162 valence electrons. The second kappa shape index (κ2) is 8.78. The van der Waals surface area contributed by atoms with Gasteiger partial charge in [0.05, 0.1) is 30.3 Å². The number of amides is 1. The Labute approximate surface area is 186 Å². The van der Waals surface area contributed by atoms with Crippen molar-refractivity contribution in [1.82, 2.24) is 24.9 Å². The molecule has 7 heteroatoms. The number of fused-ring (bicyclic) bond motifs is 1. The standard InChI is InChI=1S/C25H25N5O2/c1-18-6-7-19(17-32-22-9-8-20-10-11-26-15-21(20)14-22)16-29(18)25(31)23-4-2-3-5-24(23)30-27-12-13-28-30/h2-5,8-15,18-19H,6-7,16-17H2,1H3/t18-,19-/m1/s1. The molecule has 1 fully saturated rings. The highest BCUT2D eigenvalue weighted by molar-refractivity contribution is 5.98. The molecule has 7 nitrogen and oxygen atoms in total. The van der Waals surface area contributed by atoms with E-state index in [9.17, 15) is 4.79 Å². The number of hydrogen-bond acceptors (Lipinski definition) is 5. The van der Waals surface area contributed by atoms with E-state index in [1.54, 1.807) is 18.6 Å². The van der Waals surface area contributed by atoms with E-state index in [4.69, 9.17) is 4.74 Å². The average molecular weight is 428 g/mol. The number of pyridine rings is 1. The maximum Gasteiger partial charge on any atom is 0.256 e. The number of aromatic nitrogens is 4. The predicted octanol–water partition coefficient (Wildman–Crippen LogP) is 4.14. The van der Waals surface area contributed by atoms with Crippen LogP contribution in [0.15, 0.2) is 73.3 Å². The minimum absolute atomic E-state index is 0.00637. The maximum absolute atomic E-state index is 13.5. The number of benzene rings is 2. The summed E-state index contributed by atoms with van der Waals surface area (Å²) in [6, 6.07) is 15.7. The SMILES string of the molecule is C[C@@H]1CC[C@@H](COc2ccc3ccncc3c2)CN1C(=O)c1ccccc1-n1nccn1. The molecule has 0 saturated carbocycles. The molecule has 0 N–H and O–H groups in total. The quantitative estimate of drug-likeness (QED) is 0.479. The van der Waals surface area contributed by atoms with Crippen molar-refractivity contribution in [2.24, 2.45) is 5.92 Å². The normalized spacial score (nSPS) is 18.6. The van der Waals surface area contributed by atoms with Gasteiger partial charge in [-0.15, -0.1) is 0 Å². The minimum atomic E-state index is 0.00637. The van der Waals surface area contributed by atoms with Crippen molar-refractivity contribution in [3.8, 4) is 11.4 Å². The van der Waals surface area contributed by atoms with E-state index in [0.717, 1.165) is 29.4 Å². The molecule has 0 spiro atoms. The van der Waals surface area contributed by atoms with Gasteiger partial charge >= 0.3 is 0 Å². The monoisotopic (exact) mass is 427 g/mol. The Morgan fingerprint density at radius 1 is 1.03 bits per heavy atom. The van der Waals surface area contributed by atoms with Gasteiger partial charge in [0.2, 0.25) is 0 Å². The highest BCUT2D eigenvalue weighted by Crippen LogP contribution is 2.27. The van der Waals surface area contributed by atoms with Gasteiger partial charge in [0.15, 0.2) is 0 Å². The fourth-order valence-electron chi connectivity index (χ4n) is 4.29. The Kier molecular flexibility index (Phi) is 5.54. The van der Waals surface area contributed by atoms with Crippen LogP contribution in [0.25, 0.3) is 16.5 Å². The molecule has 1 aliphatic rings. The van der Waals surface area contributed by atoms with Crippen molar-refractivity contribution in [2.75, 3.05) is 13.2 Å². The second-order valence-electron chi connectivity index (χ2n) is 8.28. The fraction of sp³-hybridized carbons (Fsp3) is 0.280. The van der Waals surface area contributed by atoms with E-state index in [-0.39, 0.29) is 17.9 Å². The third kappa shape index (κ3) is 4.06. The van der Waals surface area contributed by atoms with Gasteiger partial charge in [-0.2, -0.15) is 15.0 Å². The first-order valence-corrected chi connectivity index (χ1v) is 10.9. The number of likely N-dealkylation sites (tertiary alicyclic amines) is 1. The van der Waals surface area contributed by atoms with Crippen molar-refractivity contribution in [3.63, 3.8) is 0 Å². The van der Waals surface area contributed by atoms with Crippen LogP contribution in [0.5, 0.6) is 5.75 Å². The van der Waals surface area contributed by atoms with Crippen LogP contribution in [0.4, 0.5) is 0 Å². The maximum atomic E-state index is 13.5. The van der Waals surface area contributed by atoms with Gasteiger partial charge in [0.1, 0.15) is 5.75 Å². The van der Waals surface area contributed by atoms with Crippen molar-refractivity contribution in [2.45, 2.75) is 25.8 Å². The van der Waals surface area contributed by atoms with Crippen molar-refractivity contribution in [1.29, 1.82) is 0 Å². The van der Waals surface area contributed by atoms with Gasteiger partial charge in [-0.05, 0) is 55.5 Å². The first-order chi connectivity index (χ1) is 15.7. The largest absolute Gasteiger partial charge is 0.493 e. The van der Waals surface area contributed by atoms with Crippen molar-refractivity contribution < 1.29 is 9.53 Å². The van der Waals surface area contributed by atoms with Crippen LogP contribution >= 0.6 is 0 Å². The summed E-state index contributed by atoms with van der Waals surface area (Å²) in [5.74, 6) is 1.11. The summed E-state index contributed by atoms with van der Waals surface area (Å²) in [5.41, 5.74) is 1.30. The van der Waals surface area contributed by atoms with Gasteiger partial charge in [-0.1, -0.05) is 18.2 Å². The lowest BCUT2D eigenvalue weighted by Gasteiger charge is -2.38. The van der Waals surface area contributed by atoms with Crippen LogP contribution < -0.4 is 4.74 Å². The van der Waals surface area contributed by atoms with E-state index in [2.05, 4.69) is 22.1 Å². The van der Waals surface area contributed by atoms with Gasteiger partial charge in [0, 0.05) is 36.3 Å². The number of hydrogen-bond donors (Lipinski definition) is 0. The highest BCUT2D eigenvalue weighted by atomic mass is 16.5. The Bertz CT molecular complexity index is 1220. The van der Waals surface area contributed by atoms with Gasteiger partial charge in [-0.3, -0.25) is 9.78 Å². The second-order valence-corrected chi connectivity index (χ2v) is 8.28. The van der Waals surface area contributed by atoms with Gasteiger partial charge in [-0.25, -0.2) is 0 Å². The Morgan fingerprint density at radius 2 is 1.88 bits per heavy atom. The Hall–Kier alpha value is -3.74. The molecule has 5 rings (SSSR count). The molecule has 2 aromatic heterocycles. The summed E-state index contributed by atoms with van der Waals surface area (Å²) < 4.78 is 6.12. The lowest BCUT2D eigenvalue weighted by atomic mass is 9.93. The number of rotatable bonds is 5. The highest BCUT2D eigenvalue weighted by Gasteiger charge is 2.31. The molecule has 1 aliphatic heterocycles. The van der Waals surface area contributed by atoms with E-state index in [1.165, 1.54) is 4.80 Å². The molecule has 0 radical (unpaired) electrons. The molecular formula is C25H25N5O2. The van der Waals surface area contributed by atoms with Crippen LogP contribution in [0.1, 0.15) is 30.1 Å². The molecular weight excluding hydrogens is 402 g/mol. The minimum Gasteiger partial charge on any atom is -0.493 e. The third-order valence-corrected chi connectivity index (χ3v) is 6.11. The lowest BCUT2D eigenvalue weighted by molar-refractivity contribution is 0.0505. The van der Waals surface area contributed by atoms with Crippen LogP contribution in [-0.4, -0.2) is 50.0 Å². The van der Waals surface area contributed by atoms with Gasteiger partial charge < -0.3 is 9.64 Å². The predicted molar refractivity (Wildman–Crippen MR) is 122 cm³/mol. The average Bonchev–Trinajstić information content (AvgIpc) is 3.38. The molecule has 3 heterocycles. The molecule has 32 heavy (non-hydrogen) atoms. The zero-order chi connectivity index (χ0) is 21.9. The molecule has 2 atom stereocenters. The molecule has 0 bridgehead atoms. The smallest absolute Gasteiger partial charge is 0.256 e. The van der Waals surface area contributed by atoms with E-state index in [0.29, 0.717) is 24.4 Å². The van der Waals surface area contributed by atoms with E-state index >= 15 is 0 Å². The van der Waals surface area contributed by atoms with Gasteiger partial charge in [0.25, 0.3) is 5.91 Å². The summed E-state index contributed by atoms with van der Waals surface area (Å²) in [4.78, 5) is 21.1. The van der Waals surface area contributed by atoms with E-state index < -0.39 is 0 Å². The fourth-order valence-corrected chi connectivity index (χ4v) is 4.29. The van der Waals surface area contributed by atoms with Crippen molar-refractivity contribution in [3.05, 3.63) is 78.9 Å². The molecule has 0 unspecified atom stereocenters. The number of carbonyl (C=O) groups excluding carboxylic acids is 1. The molecule has 1 amide bonds. The summed E-state index contributed by atoms with van der Waals surface area (Å²) in [6.07, 6.45) is 8.84. The summed E-state index contributed by atoms with van der Waals surface area (Å²) in [6.45, 7) is 3.35. The van der Waals surface area contributed by atoms with E-state index in [1.807, 2.05) is 59.6 Å². The third-order valence-electron chi connectivity index (χ3n) is 6.11. The molecule has 1 saturated heterocycles. The first kappa shape index (κ1) is 20.2. The van der Waals surface area contributed by atoms with Crippen LogP contribution in [-0.2, 0) is 0 Å². The summed E-state index contributed by atoms with van der Waals surface area (Å²) in [7, 11) is 0. The zero-order valence-electron chi connectivity index (χ0n) is 18.0. The topological polar surface area (TPSA) is 73.1 Å². The lowest BCUT2D eigenvalue weighted by Crippen LogP contribution is -2.47. The molecule has 0 aliphatic carbocycles. The number of carbonyl (C=O) groups is 1. The van der Waals surface area contributed by atoms with Crippen LogP contribution in [0.2, 0.25) is 0 Å². The summed E-state index contributed by atoms with van der Waals surface area (Å²) >= 11 is 0. The number of para-hydroxylation sites is 1. The van der Waals surface area contributed by atoms with Crippen molar-refractivity contribution >= 4 is 16.7 Å². The number of nitrogens with zero attached hydrogens (tertiary/aromatic N) is 5. The Balaban J connectivity index is 1.30. The first-order valence-electron chi connectivity index (χ1n) is 10.9. The van der Waals surface area contributed by atoms with Crippen LogP contribution in [0.3, 0.4) is 0 Å². The number of piperidine rings is 1. The zero-order valence-corrected chi connectivity index (χ0v) is 18.0. The molecule has 4 aromatic rings. The molecule has 2 aromatic carbocycles. The number of ether oxygens (including phenoxy) is 1. The Morgan fingerprint density at radius 3 is 2.75 bits per heavy atom. The van der Waals surface area contributed by atoms with Crippen LogP contribution in [0, 0.1) is 5.92 Å². The summed E-state index contributed by atoms with van der Waals surface area (Å²) in [5, 5.41) is 10.6.